The minimum atomic E-state index is -0.837. The van der Waals surface area contributed by atoms with Crippen LogP contribution in [0.3, 0.4) is 0 Å². The summed E-state index contributed by atoms with van der Waals surface area (Å²) in [5, 5.41) is 2.92. The highest BCUT2D eigenvalue weighted by molar-refractivity contribution is 5.92. The van der Waals surface area contributed by atoms with E-state index in [1.807, 2.05) is 6.92 Å². The molecule has 24 heavy (non-hydrogen) atoms. The van der Waals surface area contributed by atoms with Gasteiger partial charge in [0, 0.05) is 6.04 Å². The molecule has 1 aromatic rings. The third-order valence-corrected chi connectivity index (χ3v) is 4.05. The van der Waals surface area contributed by atoms with Crippen molar-refractivity contribution in [3.8, 4) is 11.5 Å². The molecule has 0 aromatic heterocycles. The normalized spacial score (nSPS) is 15.6. The minimum Gasteiger partial charge on any atom is -0.493 e. The van der Waals surface area contributed by atoms with Crippen LogP contribution in [0.1, 0.15) is 49.9 Å². The zero-order valence-electron chi connectivity index (χ0n) is 14.5. The van der Waals surface area contributed by atoms with Crippen LogP contribution in [0, 0.1) is 0 Å². The van der Waals surface area contributed by atoms with Crippen LogP contribution in [-0.2, 0) is 9.53 Å². The van der Waals surface area contributed by atoms with Crippen molar-refractivity contribution >= 4 is 11.9 Å². The maximum atomic E-state index is 12.3. The van der Waals surface area contributed by atoms with Crippen LogP contribution < -0.4 is 14.8 Å². The number of nitrogens with one attached hydrogen (secondary N) is 1. The van der Waals surface area contributed by atoms with Gasteiger partial charge in [-0.05, 0) is 44.9 Å². The molecule has 2 rings (SSSR count). The van der Waals surface area contributed by atoms with Gasteiger partial charge in [0.2, 0.25) is 0 Å². The maximum Gasteiger partial charge on any atom is 0.339 e. The van der Waals surface area contributed by atoms with E-state index in [0.717, 1.165) is 25.7 Å². The van der Waals surface area contributed by atoms with Gasteiger partial charge in [-0.15, -0.1) is 0 Å². The molecule has 1 aliphatic rings. The molecular formula is C18H25NO5. The fraction of sp³-hybridized carbons (Fsp3) is 0.556. The van der Waals surface area contributed by atoms with Gasteiger partial charge in [-0.3, -0.25) is 4.79 Å². The Labute approximate surface area is 142 Å². The number of ether oxygens (including phenoxy) is 3. The van der Waals surface area contributed by atoms with Crippen LogP contribution >= 0.6 is 0 Å². The summed E-state index contributed by atoms with van der Waals surface area (Å²) in [7, 11) is 1.53. The number of benzene rings is 1. The number of methoxy groups -OCH3 is 1. The Morgan fingerprint density at radius 1 is 1.25 bits per heavy atom. The topological polar surface area (TPSA) is 73.9 Å². The number of carbonyl (C=O) groups is 2. The molecule has 0 saturated heterocycles. The Balaban J connectivity index is 1.97. The summed E-state index contributed by atoms with van der Waals surface area (Å²) in [6.07, 6.45) is 3.40. The van der Waals surface area contributed by atoms with Crippen molar-refractivity contribution in [1.29, 1.82) is 0 Å². The van der Waals surface area contributed by atoms with Gasteiger partial charge in [-0.1, -0.05) is 12.8 Å². The van der Waals surface area contributed by atoms with E-state index < -0.39 is 12.1 Å². The van der Waals surface area contributed by atoms with Crippen molar-refractivity contribution in [2.24, 2.45) is 0 Å². The van der Waals surface area contributed by atoms with Gasteiger partial charge < -0.3 is 19.5 Å². The molecule has 6 nitrogen and oxygen atoms in total. The van der Waals surface area contributed by atoms with Crippen molar-refractivity contribution in [2.75, 3.05) is 13.7 Å². The van der Waals surface area contributed by atoms with Gasteiger partial charge in [-0.25, -0.2) is 4.79 Å². The van der Waals surface area contributed by atoms with E-state index >= 15 is 0 Å². The van der Waals surface area contributed by atoms with Crippen LogP contribution in [0.5, 0.6) is 11.5 Å². The van der Waals surface area contributed by atoms with Gasteiger partial charge >= 0.3 is 5.97 Å². The lowest BCUT2D eigenvalue weighted by Crippen LogP contribution is -2.40. The fourth-order valence-corrected chi connectivity index (χ4v) is 2.74. The summed E-state index contributed by atoms with van der Waals surface area (Å²) in [5.41, 5.74) is 0.319. The van der Waals surface area contributed by atoms with E-state index in [1.54, 1.807) is 25.1 Å². The number of carbonyl (C=O) groups excluding carboxylic acids is 2. The van der Waals surface area contributed by atoms with Gasteiger partial charge in [-0.2, -0.15) is 0 Å². The molecule has 0 heterocycles. The molecule has 0 bridgehead atoms. The van der Waals surface area contributed by atoms with E-state index in [-0.39, 0.29) is 11.9 Å². The van der Waals surface area contributed by atoms with Crippen LogP contribution in [0.15, 0.2) is 18.2 Å². The molecule has 0 aliphatic heterocycles. The second-order valence-corrected chi connectivity index (χ2v) is 5.84. The summed E-state index contributed by atoms with van der Waals surface area (Å²) >= 11 is 0. The zero-order chi connectivity index (χ0) is 17.5. The first kappa shape index (κ1) is 18.1. The maximum absolute atomic E-state index is 12.3. The first-order chi connectivity index (χ1) is 11.5. The van der Waals surface area contributed by atoms with Gasteiger partial charge in [0.05, 0.1) is 19.3 Å². The van der Waals surface area contributed by atoms with E-state index in [0.29, 0.717) is 23.7 Å². The average Bonchev–Trinajstić information content (AvgIpc) is 3.07. The first-order valence-corrected chi connectivity index (χ1v) is 8.37. The fourth-order valence-electron chi connectivity index (χ4n) is 2.74. The number of rotatable bonds is 7. The number of esters is 1. The van der Waals surface area contributed by atoms with E-state index in [9.17, 15) is 9.59 Å². The third-order valence-electron chi connectivity index (χ3n) is 4.05. The molecule has 1 aromatic carbocycles. The summed E-state index contributed by atoms with van der Waals surface area (Å²) in [6, 6.07) is 4.99. The Kier molecular flexibility index (Phi) is 6.46. The predicted molar refractivity (Wildman–Crippen MR) is 89.4 cm³/mol. The highest BCUT2D eigenvalue weighted by atomic mass is 16.5. The SMILES string of the molecule is CCOc1cc(C(=O)O[C@H](C)C(=O)NC2CCCC2)ccc1OC. The number of hydrogen-bond donors (Lipinski definition) is 1. The molecule has 1 amide bonds. The van der Waals surface area contributed by atoms with Gasteiger partial charge in [0.25, 0.3) is 5.91 Å². The van der Waals surface area contributed by atoms with Gasteiger partial charge in [0.1, 0.15) is 0 Å². The molecule has 6 heteroatoms. The van der Waals surface area contributed by atoms with Crippen molar-refractivity contribution in [2.45, 2.75) is 51.7 Å². The van der Waals surface area contributed by atoms with Crippen LogP contribution in [-0.4, -0.2) is 37.7 Å². The Morgan fingerprint density at radius 2 is 1.96 bits per heavy atom. The van der Waals surface area contributed by atoms with E-state index in [4.69, 9.17) is 14.2 Å². The molecule has 1 atom stereocenters. The Morgan fingerprint density at radius 3 is 2.58 bits per heavy atom. The third kappa shape index (κ3) is 4.63. The Hall–Kier alpha value is -2.24. The molecule has 1 aliphatic carbocycles. The van der Waals surface area contributed by atoms with Crippen molar-refractivity contribution in [3.05, 3.63) is 23.8 Å². The van der Waals surface area contributed by atoms with Crippen LogP contribution in [0.25, 0.3) is 0 Å². The lowest BCUT2D eigenvalue weighted by molar-refractivity contribution is -0.129. The number of amides is 1. The second kappa shape index (κ2) is 8.57. The molecule has 1 fully saturated rings. The smallest absolute Gasteiger partial charge is 0.339 e. The number of hydrogen-bond acceptors (Lipinski definition) is 5. The molecule has 0 unspecified atom stereocenters. The van der Waals surface area contributed by atoms with Crippen molar-refractivity contribution in [1.82, 2.24) is 5.32 Å². The standard InChI is InChI=1S/C18H25NO5/c1-4-23-16-11-13(9-10-15(16)22-3)18(21)24-12(2)17(20)19-14-7-5-6-8-14/h9-12,14H,4-8H2,1-3H3,(H,19,20)/t12-/m1/s1. The molecule has 1 saturated carbocycles. The van der Waals surface area contributed by atoms with Crippen LogP contribution in [0.2, 0.25) is 0 Å². The summed E-state index contributed by atoms with van der Waals surface area (Å²) < 4.78 is 15.9. The summed E-state index contributed by atoms with van der Waals surface area (Å²) in [5.74, 6) is 0.194. The molecule has 0 spiro atoms. The minimum absolute atomic E-state index is 0.198. The van der Waals surface area contributed by atoms with Crippen molar-refractivity contribution in [3.63, 3.8) is 0 Å². The molecule has 0 radical (unpaired) electrons. The highest BCUT2D eigenvalue weighted by Gasteiger charge is 2.24. The largest absolute Gasteiger partial charge is 0.493 e. The average molecular weight is 335 g/mol. The highest BCUT2D eigenvalue weighted by Crippen LogP contribution is 2.28. The molecular weight excluding hydrogens is 310 g/mol. The molecule has 132 valence electrons. The monoisotopic (exact) mass is 335 g/mol. The van der Waals surface area contributed by atoms with Crippen molar-refractivity contribution < 1.29 is 23.8 Å². The lowest BCUT2D eigenvalue weighted by atomic mass is 10.2. The van der Waals surface area contributed by atoms with E-state index in [1.165, 1.54) is 7.11 Å². The van der Waals surface area contributed by atoms with Gasteiger partial charge in [0.15, 0.2) is 17.6 Å². The first-order valence-electron chi connectivity index (χ1n) is 8.37. The second-order valence-electron chi connectivity index (χ2n) is 5.84. The zero-order valence-corrected chi connectivity index (χ0v) is 14.5. The quantitative estimate of drug-likeness (QED) is 0.776. The Bertz CT molecular complexity index is 581. The summed E-state index contributed by atoms with van der Waals surface area (Å²) in [4.78, 5) is 24.4. The summed E-state index contributed by atoms with van der Waals surface area (Å²) in [6.45, 7) is 3.88. The lowest BCUT2D eigenvalue weighted by Gasteiger charge is -2.17. The predicted octanol–water partition coefficient (Wildman–Crippen LogP) is 2.70. The molecule has 1 N–H and O–H groups in total. The van der Waals surface area contributed by atoms with E-state index in [2.05, 4.69) is 5.32 Å². The van der Waals surface area contributed by atoms with Crippen LogP contribution in [0.4, 0.5) is 0 Å².